The Bertz CT molecular complexity index is 939. The van der Waals surface area contributed by atoms with Crippen LogP contribution in [0, 0.1) is 0 Å². The summed E-state index contributed by atoms with van der Waals surface area (Å²) in [6.45, 7) is 0. The van der Waals surface area contributed by atoms with Gasteiger partial charge < -0.3 is 11.5 Å². The summed E-state index contributed by atoms with van der Waals surface area (Å²) in [6, 6.07) is 4.97. The summed E-state index contributed by atoms with van der Waals surface area (Å²) in [5, 5.41) is 0. The van der Waals surface area contributed by atoms with Gasteiger partial charge in [-0.2, -0.15) is 17.6 Å². The summed E-state index contributed by atoms with van der Waals surface area (Å²) in [6.07, 6.45) is 6.95. The highest BCUT2D eigenvalue weighted by molar-refractivity contribution is 5.63. The highest BCUT2D eigenvalue weighted by Crippen LogP contribution is 2.57. The van der Waals surface area contributed by atoms with E-state index in [0.29, 0.717) is 33.6 Å². The topological polar surface area (TPSA) is 52.0 Å². The fourth-order valence-electron chi connectivity index (χ4n) is 5.05. The van der Waals surface area contributed by atoms with Crippen LogP contribution in [0.25, 0.3) is 0 Å². The maximum atomic E-state index is 15.7. The largest absolute Gasteiger partial charge is 0.398 e. The zero-order valence-corrected chi connectivity index (χ0v) is 17.9. The van der Waals surface area contributed by atoms with Crippen molar-refractivity contribution >= 4 is 11.4 Å². The summed E-state index contributed by atoms with van der Waals surface area (Å²) in [4.78, 5) is 0. The Morgan fingerprint density at radius 1 is 0.500 bits per heavy atom. The minimum atomic E-state index is -4.34. The summed E-state index contributed by atoms with van der Waals surface area (Å²) in [7, 11) is 0. The van der Waals surface area contributed by atoms with Gasteiger partial charge >= 0.3 is 11.8 Å². The molecule has 4 fully saturated rings. The molecule has 32 heavy (non-hydrogen) atoms. The number of nitrogens with two attached hydrogens (primary N) is 2. The second kappa shape index (κ2) is 6.64. The average molecular weight is 445 g/mol. The number of rotatable bonds is 7. The molecule has 2 nitrogen and oxygen atoms in total. The summed E-state index contributed by atoms with van der Waals surface area (Å²) >= 11 is 0. The Hall–Kier alpha value is -2.24. The molecular weight excluding hydrogens is 416 g/mol. The van der Waals surface area contributed by atoms with Gasteiger partial charge in [-0.25, -0.2) is 0 Å². The normalized spacial score (nSPS) is 21.8. The van der Waals surface area contributed by atoms with Crippen molar-refractivity contribution < 1.29 is 17.6 Å². The van der Waals surface area contributed by atoms with E-state index in [2.05, 4.69) is 0 Å². The first-order chi connectivity index (χ1) is 15.2. The molecule has 0 atom stereocenters. The van der Waals surface area contributed by atoms with Crippen LogP contribution >= 0.6 is 0 Å². The van der Waals surface area contributed by atoms with Crippen molar-refractivity contribution in [3.8, 4) is 0 Å². The molecule has 0 radical (unpaired) electrons. The van der Waals surface area contributed by atoms with E-state index in [9.17, 15) is 0 Å². The molecule has 170 valence electrons. The summed E-state index contributed by atoms with van der Waals surface area (Å²) in [5.41, 5.74) is 14.9. The van der Waals surface area contributed by atoms with Gasteiger partial charge in [0, 0.05) is 22.5 Å². The lowest BCUT2D eigenvalue weighted by Crippen LogP contribution is -2.36. The smallest absolute Gasteiger partial charge is 0.339 e. The van der Waals surface area contributed by atoms with Gasteiger partial charge in [0.2, 0.25) is 0 Å². The minimum absolute atomic E-state index is 0.108. The highest BCUT2D eigenvalue weighted by Gasteiger charge is 2.59. The van der Waals surface area contributed by atoms with Crippen LogP contribution in [0.1, 0.15) is 108 Å². The second-order valence-corrected chi connectivity index (χ2v) is 10.4. The van der Waals surface area contributed by atoms with Crippen molar-refractivity contribution in [3.63, 3.8) is 0 Å². The lowest BCUT2D eigenvalue weighted by Gasteiger charge is -2.30. The number of hydrogen-bond acceptors (Lipinski definition) is 2. The van der Waals surface area contributed by atoms with E-state index in [0.717, 1.165) is 51.4 Å². The van der Waals surface area contributed by atoms with Crippen LogP contribution in [0.5, 0.6) is 0 Å². The molecule has 0 saturated heterocycles. The third-order valence-corrected chi connectivity index (χ3v) is 7.68. The lowest BCUT2D eigenvalue weighted by atomic mass is 9.87. The Morgan fingerprint density at radius 3 is 0.906 bits per heavy atom. The van der Waals surface area contributed by atoms with E-state index in [1.807, 2.05) is 0 Å². The second-order valence-electron chi connectivity index (χ2n) is 10.4. The molecule has 0 spiro atoms. The first-order valence-electron chi connectivity index (χ1n) is 11.8. The van der Waals surface area contributed by atoms with Crippen LogP contribution in [0.4, 0.5) is 28.9 Å². The summed E-state index contributed by atoms with van der Waals surface area (Å²) in [5.74, 6) is -8.25. The summed E-state index contributed by atoms with van der Waals surface area (Å²) < 4.78 is 62.6. The Balaban J connectivity index is 1.46. The van der Waals surface area contributed by atoms with Crippen LogP contribution in [0.15, 0.2) is 24.3 Å². The van der Waals surface area contributed by atoms with Crippen molar-refractivity contribution in [2.75, 3.05) is 11.5 Å². The van der Waals surface area contributed by atoms with E-state index in [1.165, 1.54) is 24.3 Å². The van der Waals surface area contributed by atoms with Crippen molar-refractivity contribution in [3.05, 3.63) is 57.6 Å². The fraction of sp³-hybridized carbons (Fsp3) is 0.538. The van der Waals surface area contributed by atoms with Gasteiger partial charge in [-0.3, -0.25) is 0 Å². The Kier molecular flexibility index (Phi) is 4.23. The molecule has 4 N–H and O–H groups in total. The zero-order chi connectivity index (χ0) is 22.4. The molecule has 0 aromatic heterocycles. The van der Waals surface area contributed by atoms with Crippen LogP contribution < -0.4 is 11.5 Å². The molecule has 4 aliphatic rings. The predicted octanol–water partition coefficient (Wildman–Crippen LogP) is 7.24. The standard InChI is InChI=1S/C26H28F4N2/c27-25(28,17-9-19(13-1-2-13)23(31)20(10-17)14-3-4-14)26(29,30)18-11-21(15-5-6-15)24(32)22(12-18)16-7-8-16/h9-16H,1-8,31-32H2. The molecule has 0 unspecified atom stereocenters. The molecule has 6 heteroatoms. The molecule has 2 aromatic carbocycles. The van der Waals surface area contributed by atoms with Crippen molar-refractivity contribution in [1.29, 1.82) is 0 Å². The van der Waals surface area contributed by atoms with E-state index in [-0.39, 0.29) is 23.7 Å². The van der Waals surface area contributed by atoms with Crippen LogP contribution in [-0.2, 0) is 11.8 Å². The molecule has 4 saturated carbocycles. The zero-order valence-electron chi connectivity index (χ0n) is 17.9. The fourth-order valence-corrected chi connectivity index (χ4v) is 5.05. The van der Waals surface area contributed by atoms with Crippen molar-refractivity contribution in [2.24, 2.45) is 0 Å². The number of benzene rings is 2. The number of halogens is 4. The SMILES string of the molecule is Nc1c(C2CC2)cc(C(F)(F)C(F)(F)c2cc(C3CC3)c(N)c(C3CC3)c2)cc1C1CC1. The van der Waals surface area contributed by atoms with E-state index in [4.69, 9.17) is 11.5 Å². The predicted molar refractivity (Wildman–Crippen MR) is 117 cm³/mol. The van der Waals surface area contributed by atoms with Crippen LogP contribution in [0.3, 0.4) is 0 Å². The van der Waals surface area contributed by atoms with Crippen molar-refractivity contribution in [2.45, 2.75) is 86.9 Å². The molecule has 6 rings (SSSR count). The molecule has 0 heterocycles. The van der Waals surface area contributed by atoms with Gasteiger partial charge in [-0.15, -0.1) is 0 Å². The molecule has 4 aliphatic carbocycles. The van der Waals surface area contributed by atoms with Gasteiger partial charge in [-0.05, 0) is 122 Å². The Morgan fingerprint density at radius 2 is 0.719 bits per heavy atom. The van der Waals surface area contributed by atoms with Gasteiger partial charge in [0.05, 0.1) is 0 Å². The average Bonchev–Trinajstić information content (AvgIpc) is 3.57. The van der Waals surface area contributed by atoms with Gasteiger partial charge in [0.15, 0.2) is 0 Å². The number of alkyl halides is 4. The monoisotopic (exact) mass is 444 g/mol. The number of hydrogen-bond donors (Lipinski definition) is 2. The quantitative estimate of drug-likeness (QED) is 0.349. The van der Waals surface area contributed by atoms with Gasteiger partial charge in [0.1, 0.15) is 0 Å². The van der Waals surface area contributed by atoms with Gasteiger partial charge in [-0.1, -0.05) is 0 Å². The third-order valence-electron chi connectivity index (χ3n) is 7.68. The van der Waals surface area contributed by atoms with Gasteiger partial charge in [0.25, 0.3) is 0 Å². The van der Waals surface area contributed by atoms with E-state index >= 15 is 17.6 Å². The Labute approximate surface area is 185 Å². The molecule has 2 aromatic rings. The first-order valence-corrected chi connectivity index (χ1v) is 11.8. The maximum Gasteiger partial charge on any atom is 0.339 e. The molecular formula is C26H28F4N2. The van der Waals surface area contributed by atoms with E-state index < -0.39 is 23.0 Å². The molecule has 0 bridgehead atoms. The highest BCUT2D eigenvalue weighted by atomic mass is 19.3. The maximum absolute atomic E-state index is 15.7. The molecule has 0 amide bonds. The third kappa shape index (κ3) is 3.20. The first kappa shape index (κ1) is 20.4. The van der Waals surface area contributed by atoms with E-state index in [1.54, 1.807) is 0 Å². The van der Waals surface area contributed by atoms with Crippen molar-refractivity contribution in [1.82, 2.24) is 0 Å². The number of anilines is 2. The van der Waals surface area contributed by atoms with Crippen LogP contribution in [-0.4, -0.2) is 0 Å². The molecule has 0 aliphatic heterocycles. The minimum Gasteiger partial charge on any atom is -0.398 e. The number of nitrogen functional groups attached to an aromatic ring is 2. The van der Waals surface area contributed by atoms with Crippen LogP contribution in [0.2, 0.25) is 0 Å². The lowest BCUT2D eigenvalue weighted by molar-refractivity contribution is -0.224.